The maximum absolute atomic E-state index is 12.8. The maximum Gasteiger partial charge on any atom is 0.306 e. The third-order valence-electron chi connectivity index (χ3n) is 11.4. The van der Waals surface area contributed by atoms with Crippen LogP contribution in [0.1, 0.15) is 278 Å². The van der Waals surface area contributed by atoms with Crippen LogP contribution in [0.4, 0.5) is 0 Å². The van der Waals surface area contributed by atoms with E-state index in [2.05, 4.69) is 45.1 Å². The molecule has 0 fully saturated rings. The lowest BCUT2D eigenvalue weighted by molar-refractivity contribution is -0.167. The predicted molar refractivity (Wildman–Crippen MR) is 252 cm³/mol. The van der Waals surface area contributed by atoms with Gasteiger partial charge < -0.3 is 14.2 Å². The van der Waals surface area contributed by atoms with Crippen molar-refractivity contribution >= 4 is 17.9 Å². The fraction of sp³-hybridized carbons (Fsp3) is 0.868. The van der Waals surface area contributed by atoms with Crippen LogP contribution in [0.2, 0.25) is 0 Å². The summed E-state index contributed by atoms with van der Waals surface area (Å²) in [7, 11) is 0. The van der Waals surface area contributed by atoms with Crippen molar-refractivity contribution in [2.45, 2.75) is 284 Å². The van der Waals surface area contributed by atoms with E-state index in [4.69, 9.17) is 14.2 Å². The molecule has 0 aromatic carbocycles. The Labute approximate surface area is 366 Å². The summed E-state index contributed by atoms with van der Waals surface area (Å²) in [6, 6.07) is 0. The molecule has 59 heavy (non-hydrogen) atoms. The fourth-order valence-corrected chi connectivity index (χ4v) is 7.49. The van der Waals surface area contributed by atoms with Crippen LogP contribution in [0.5, 0.6) is 0 Å². The highest BCUT2D eigenvalue weighted by molar-refractivity contribution is 5.71. The minimum atomic E-state index is -0.773. The highest BCUT2D eigenvalue weighted by Crippen LogP contribution is 2.15. The Bertz CT molecular complexity index is 958. The molecule has 0 amide bonds. The molecule has 0 radical (unpaired) electrons. The molecule has 0 aliphatic rings. The molecule has 6 heteroatoms. The first-order valence-corrected chi connectivity index (χ1v) is 25.8. The Kier molecular flexibility index (Phi) is 46.8. The molecule has 0 rings (SSSR count). The summed E-state index contributed by atoms with van der Waals surface area (Å²) >= 11 is 0. The van der Waals surface area contributed by atoms with Crippen LogP contribution in [0.25, 0.3) is 0 Å². The largest absolute Gasteiger partial charge is 0.462 e. The minimum absolute atomic E-state index is 0.0735. The number of unbranched alkanes of at least 4 members (excludes halogenated alkanes) is 32. The Morgan fingerprint density at radius 3 is 0.864 bits per heavy atom. The van der Waals surface area contributed by atoms with Gasteiger partial charge in [0.25, 0.3) is 0 Å². The highest BCUT2D eigenvalue weighted by Gasteiger charge is 2.19. The Hall–Kier alpha value is -2.11. The number of hydrogen-bond acceptors (Lipinski definition) is 6. The van der Waals surface area contributed by atoms with Crippen LogP contribution in [-0.4, -0.2) is 37.2 Å². The van der Waals surface area contributed by atoms with E-state index in [1.807, 2.05) is 0 Å². The lowest BCUT2D eigenvalue weighted by Crippen LogP contribution is -2.30. The first-order chi connectivity index (χ1) is 29.0. The number of carbonyl (C=O) groups excluding carboxylic acids is 3. The third-order valence-corrected chi connectivity index (χ3v) is 11.4. The molecule has 1 unspecified atom stereocenters. The Morgan fingerprint density at radius 2 is 0.559 bits per heavy atom. The topological polar surface area (TPSA) is 78.9 Å². The lowest BCUT2D eigenvalue weighted by Gasteiger charge is -2.18. The van der Waals surface area contributed by atoms with Gasteiger partial charge in [0.05, 0.1) is 0 Å². The Morgan fingerprint density at radius 1 is 0.322 bits per heavy atom. The van der Waals surface area contributed by atoms with E-state index in [0.29, 0.717) is 19.3 Å². The van der Waals surface area contributed by atoms with Gasteiger partial charge in [-0.15, -0.1) is 0 Å². The second-order valence-corrected chi connectivity index (χ2v) is 17.4. The van der Waals surface area contributed by atoms with Gasteiger partial charge in [0.1, 0.15) is 13.2 Å². The molecular formula is C53H98O6. The van der Waals surface area contributed by atoms with E-state index >= 15 is 0 Å². The zero-order valence-corrected chi connectivity index (χ0v) is 39.5. The predicted octanol–water partition coefficient (Wildman–Crippen LogP) is 16.8. The van der Waals surface area contributed by atoms with Gasteiger partial charge >= 0.3 is 17.9 Å². The van der Waals surface area contributed by atoms with E-state index in [1.54, 1.807) is 0 Å². The first kappa shape index (κ1) is 56.9. The molecule has 0 heterocycles. The monoisotopic (exact) mass is 831 g/mol. The van der Waals surface area contributed by atoms with Crippen molar-refractivity contribution in [3.05, 3.63) is 24.3 Å². The summed E-state index contributed by atoms with van der Waals surface area (Å²) in [6.45, 7) is 6.62. The summed E-state index contributed by atoms with van der Waals surface area (Å²) in [4.78, 5) is 37.9. The maximum atomic E-state index is 12.8. The molecule has 0 N–H and O–H groups in total. The molecule has 0 aliphatic heterocycles. The van der Waals surface area contributed by atoms with Crippen molar-refractivity contribution in [3.8, 4) is 0 Å². The van der Waals surface area contributed by atoms with Crippen LogP contribution in [0, 0.1) is 0 Å². The van der Waals surface area contributed by atoms with E-state index in [-0.39, 0.29) is 31.1 Å². The number of ether oxygens (including phenoxy) is 3. The second kappa shape index (κ2) is 48.6. The summed E-state index contributed by atoms with van der Waals surface area (Å²) in [6.07, 6.45) is 54.4. The van der Waals surface area contributed by atoms with Crippen molar-refractivity contribution in [3.63, 3.8) is 0 Å². The third kappa shape index (κ3) is 46.8. The SMILES string of the molecule is CCCCCC/C=C\CCCCCCCC(=O)OCC(COC(=O)CCCCCCCCCCCCCCCCC)OC(=O)CCCCCCC/C=C\CCCCCC. The van der Waals surface area contributed by atoms with Crippen LogP contribution in [0.15, 0.2) is 24.3 Å². The smallest absolute Gasteiger partial charge is 0.306 e. The molecule has 346 valence electrons. The minimum Gasteiger partial charge on any atom is -0.462 e. The zero-order valence-electron chi connectivity index (χ0n) is 39.5. The van der Waals surface area contributed by atoms with Gasteiger partial charge in [0.15, 0.2) is 6.10 Å². The van der Waals surface area contributed by atoms with Crippen LogP contribution < -0.4 is 0 Å². The molecule has 0 saturated carbocycles. The van der Waals surface area contributed by atoms with Gasteiger partial charge in [-0.3, -0.25) is 14.4 Å². The quantitative estimate of drug-likeness (QED) is 0.0263. The molecule has 0 saturated heterocycles. The van der Waals surface area contributed by atoms with Crippen molar-refractivity contribution in [2.75, 3.05) is 13.2 Å². The average Bonchev–Trinajstić information content (AvgIpc) is 3.23. The number of hydrogen-bond donors (Lipinski definition) is 0. The molecule has 0 aromatic rings. The number of allylic oxidation sites excluding steroid dienone is 4. The summed E-state index contributed by atoms with van der Waals surface area (Å²) < 4.78 is 16.8. The fourth-order valence-electron chi connectivity index (χ4n) is 7.49. The standard InChI is InChI=1S/C53H98O6/c1-4-7-10-13-16-19-22-25-26-29-31-34-37-40-43-46-52(55)58-49-50(59-53(56)47-44-41-38-35-32-28-24-21-18-15-12-9-6-3)48-57-51(54)45-42-39-36-33-30-27-23-20-17-14-11-8-5-2/h20-21,23-24,50H,4-19,22,25-49H2,1-3H3/b23-20-,24-21-. The van der Waals surface area contributed by atoms with Crippen LogP contribution in [-0.2, 0) is 28.6 Å². The molecule has 0 aromatic heterocycles. The summed E-state index contributed by atoms with van der Waals surface area (Å²) in [5, 5.41) is 0. The van der Waals surface area contributed by atoms with Gasteiger partial charge in [-0.1, -0.05) is 212 Å². The van der Waals surface area contributed by atoms with Crippen LogP contribution >= 0.6 is 0 Å². The first-order valence-electron chi connectivity index (χ1n) is 25.8. The normalized spacial score (nSPS) is 12.1. The van der Waals surface area contributed by atoms with Crippen LogP contribution in [0.3, 0.4) is 0 Å². The van der Waals surface area contributed by atoms with E-state index in [9.17, 15) is 14.4 Å². The molecule has 1 atom stereocenters. The lowest BCUT2D eigenvalue weighted by atomic mass is 10.0. The van der Waals surface area contributed by atoms with E-state index < -0.39 is 6.10 Å². The summed E-state index contributed by atoms with van der Waals surface area (Å²) in [5.74, 6) is -0.879. The average molecular weight is 831 g/mol. The van der Waals surface area contributed by atoms with Crippen molar-refractivity contribution in [1.82, 2.24) is 0 Å². The number of rotatable bonds is 47. The van der Waals surface area contributed by atoms with E-state index in [0.717, 1.165) is 70.6 Å². The van der Waals surface area contributed by atoms with Gasteiger partial charge in [-0.05, 0) is 70.6 Å². The van der Waals surface area contributed by atoms with Gasteiger partial charge in [0.2, 0.25) is 0 Å². The zero-order chi connectivity index (χ0) is 43.0. The molecule has 0 bridgehead atoms. The number of esters is 3. The Balaban J connectivity index is 4.35. The number of carbonyl (C=O) groups is 3. The second-order valence-electron chi connectivity index (χ2n) is 17.4. The van der Waals surface area contributed by atoms with Crippen molar-refractivity contribution in [2.24, 2.45) is 0 Å². The highest BCUT2D eigenvalue weighted by atomic mass is 16.6. The molecule has 0 aliphatic carbocycles. The van der Waals surface area contributed by atoms with Crippen molar-refractivity contribution in [1.29, 1.82) is 0 Å². The molecular weight excluding hydrogens is 733 g/mol. The van der Waals surface area contributed by atoms with Gasteiger partial charge in [-0.25, -0.2) is 0 Å². The summed E-state index contributed by atoms with van der Waals surface area (Å²) in [5.41, 5.74) is 0. The van der Waals surface area contributed by atoms with Crippen molar-refractivity contribution < 1.29 is 28.6 Å². The van der Waals surface area contributed by atoms with Gasteiger partial charge in [-0.2, -0.15) is 0 Å². The molecule has 6 nitrogen and oxygen atoms in total. The molecule has 0 spiro atoms. The van der Waals surface area contributed by atoms with Gasteiger partial charge in [0, 0.05) is 19.3 Å². The van der Waals surface area contributed by atoms with E-state index in [1.165, 1.54) is 167 Å².